The second-order valence-electron chi connectivity index (χ2n) is 10.00. The molecule has 1 unspecified atom stereocenters. The molecule has 0 spiro atoms. The van der Waals surface area contributed by atoms with Crippen molar-refractivity contribution in [1.82, 2.24) is 4.90 Å². The van der Waals surface area contributed by atoms with Crippen LogP contribution in [0.4, 0.5) is 0 Å². The number of nitrogens with zero attached hydrogens (tertiary/aromatic N) is 1. The Labute approximate surface area is 231 Å². The van der Waals surface area contributed by atoms with Crippen LogP contribution in [0.15, 0.2) is 97.1 Å². The van der Waals surface area contributed by atoms with Crippen molar-refractivity contribution in [3.8, 4) is 11.5 Å². The van der Waals surface area contributed by atoms with E-state index >= 15 is 0 Å². The molecule has 6 nitrogen and oxygen atoms in total. The van der Waals surface area contributed by atoms with E-state index in [0.29, 0.717) is 6.42 Å². The number of allylic oxidation sites excluding steroid dienone is 2. The molecule has 3 aromatic rings. The minimum Gasteiger partial charge on any atom is -0.504 e. The number of hydrogen-bond acceptors (Lipinski definition) is 6. The van der Waals surface area contributed by atoms with E-state index in [1.807, 2.05) is 12.1 Å². The van der Waals surface area contributed by atoms with E-state index in [9.17, 15) is 15.0 Å². The third-order valence-electron chi connectivity index (χ3n) is 7.08. The van der Waals surface area contributed by atoms with Crippen LogP contribution in [0, 0.1) is 0 Å². The molecule has 39 heavy (non-hydrogen) atoms. The molecule has 0 saturated carbocycles. The lowest BCUT2D eigenvalue weighted by Crippen LogP contribution is -2.39. The highest BCUT2D eigenvalue weighted by Crippen LogP contribution is 2.30. The van der Waals surface area contributed by atoms with Crippen molar-refractivity contribution in [2.45, 2.75) is 43.9 Å². The smallest absolute Gasteiger partial charge is 0.172 e. The van der Waals surface area contributed by atoms with Crippen molar-refractivity contribution in [3.63, 3.8) is 0 Å². The number of phenolic OH excluding ortho intramolecular Hbond substituents is 2. The Morgan fingerprint density at radius 3 is 2.18 bits per heavy atom. The predicted octanol–water partition coefficient (Wildman–Crippen LogP) is 5.61. The molecular formula is C33H38N2O4. The molecule has 1 fully saturated rings. The van der Waals surface area contributed by atoms with Crippen LogP contribution in [0.1, 0.15) is 48.5 Å². The van der Waals surface area contributed by atoms with Crippen molar-refractivity contribution in [3.05, 3.63) is 114 Å². The number of piperidine rings is 1. The zero-order valence-corrected chi connectivity index (χ0v) is 22.2. The third kappa shape index (κ3) is 8.65. The Morgan fingerprint density at radius 1 is 0.923 bits per heavy atom. The van der Waals surface area contributed by atoms with Crippen LogP contribution >= 0.6 is 0 Å². The first-order chi connectivity index (χ1) is 19.0. The molecule has 0 radical (unpaired) electrons. The van der Waals surface area contributed by atoms with Crippen LogP contribution in [0.3, 0.4) is 0 Å². The molecule has 4 rings (SSSR count). The van der Waals surface area contributed by atoms with Gasteiger partial charge < -0.3 is 25.6 Å². The van der Waals surface area contributed by atoms with Crippen molar-refractivity contribution in [1.29, 1.82) is 0 Å². The zero-order chi connectivity index (χ0) is 27.5. The molecule has 1 heterocycles. The molecule has 4 N–H and O–H groups in total. The van der Waals surface area contributed by atoms with Crippen LogP contribution in [0.5, 0.6) is 11.5 Å². The van der Waals surface area contributed by atoms with Gasteiger partial charge in [-0.1, -0.05) is 85.0 Å². The summed E-state index contributed by atoms with van der Waals surface area (Å²) >= 11 is 0. The number of phenols is 2. The van der Waals surface area contributed by atoms with E-state index in [4.69, 9.17) is 10.5 Å². The molecule has 6 heteroatoms. The van der Waals surface area contributed by atoms with Gasteiger partial charge in [0.05, 0.1) is 12.1 Å². The third-order valence-corrected chi connectivity index (χ3v) is 7.08. The fraction of sp³-hybridized carbons (Fsp3) is 0.303. The van der Waals surface area contributed by atoms with Gasteiger partial charge in [0.1, 0.15) is 6.10 Å². The SMILES string of the molecule is NC(CCCN1CCC(OC(c2ccccc2)c2ccccc2)CC1)C(=O)C=CC=Cc1ccc(O)c(O)c1. The molecule has 0 aliphatic carbocycles. The molecule has 0 bridgehead atoms. The maximum atomic E-state index is 12.4. The summed E-state index contributed by atoms with van der Waals surface area (Å²) < 4.78 is 6.64. The number of ether oxygens (including phenoxy) is 1. The molecule has 1 aliphatic rings. The van der Waals surface area contributed by atoms with Crippen LogP contribution < -0.4 is 5.73 Å². The summed E-state index contributed by atoms with van der Waals surface area (Å²) in [5, 5.41) is 18.9. The van der Waals surface area contributed by atoms with E-state index in [-0.39, 0.29) is 29.5 Å². The van der Waals surface area contributed by atoms with E-state index in [2.05, 4.69) is 53.4 Å². The fourth-order valence-electron chi connectivity index (χ4n) is 4.83. The summed E-state index contributed by atoms with van der Waals surface area (Å²) in [6, 6.07) is 24.8. The normalized spacial score (nSPS) is 15.8. The zero-order valence-electron chi connectivity index (χ0n) is 22.2. The summed E-state index contributed by atoms with van der Waals surface area (Å²) in [6.07, 6.45) is 10.2. The van der Waals surface area contributed by atoms with Crippen molar-refractivity contribution < 1.29 is 19.7 Å². The number of ketones is 1. The first-order valence-corrected chi connectivity index (χ1v) is 13.6. The van der Waals surface area contributed by atoms with Gasteiger partial charge in [0.15, 0.2) is 17.3 Å². The van der Waals surface area contributed by atoms with Gasteiger partial charge in [0.2, 0.25) is 0 Å². The van der Waals surface area contributed by atoms with E-state index in [1.165, 1.54) is 29.3 Å². The predicted molar refractivity (Wildman–Crippen MR) is 155 cm³/mol. The fourth-order valence-corrected chi connectivity index (χ4v) is 4.83. The van der Waals surface area contributed by atoms with Gasteiger partial charge in [-0.25, -0.2) is 0 Å². The van der Waals surface area contributed by atoms with Gasteiger partial charge in [-0.05, 0) is 67.1 Å². The maximum absolute atomic E-state index is 12.4. The Balaban J connectivity index is 1.17. The quantitative estimate of drug-likeness (QED) is 0.161. The van der Waals surface area contributed by atoms with Gasteiger partial charge in [0.25, 0.3) is 0 Å². The number of hydrogen-bond donors (Lipinski definition) is 3. The van der Waals surface area contributed by atoms with Crippen LogP contribution in [0.2, 0.25) is 0 Å². The number of benzene rings is 3. The molecular weight excluding hydrogens is 488 g/mol. The van der Waals surface area contributed by atoms with Gasteiger partial charge in [0, 0.05) is 13.1 Å². The molecule has 1 aliphatic heterocycles. The molecule has 1 atom stereocenters. The number of likely N-dealkylation sites (tertiary alicyclic amines) is 1. The summed E-state index contributed by atoms with van der Waals surface area (Å²) in [5.41, 5.74) is 9.19. The topological polar surface area (TPSA) is 96.0 Å². The number of carbonyl (C=O) groups is 1. The Bertz CT molecular complexity index is 1200. The van der Waals surface area contributed by atoms with E-state index < -0.39 is 6.04 Å². The van der Waals surface area contributed by atoms with Crippen molar-refractivity contribution in [2.75, 3.05) is 19.6 Å². The largest absolute Gasteiger partial charge is 0.504 e. The average molecular weight is 527 g/mol. The summed E-state index contributed by atoms with van der Waals surface area (Å²) in [4.78, 5) is 14.8. The standard InChI is InChI=1S/C33H38N2O4/c34-29(30(36)16-8-7-10-25-17-18-31(37)32(38)24-25)15-9-21-35-22-19-28(20-23-35)39-33(26-11-3-1-4-12-26)27-13-5-2-6-14-27/h1-8,10-14,16-18,24,28-29,33,37-38H,9,15,19-23,34H2. The summed E-state index contributed by atoms with van der Waals surface area (Å²) in [5.74, 6) is -0.450. The second kappa shape index (κ2) is 14.4. The van der Waals surface area contributed by atoms with E-state index in [1.54, 1.807) is 24.3 Å². The number of carbonyl (C=O) groups excluding carboxylic acids is 1. The van der Waals surface area contributed by atoms with E-state index in [0.717, 1.165) is 44.5 Å². The molecule has 0 amide bonds. The second-order valence-corrected chi connectivity index (χ2v) is 10.00. The molecule has 204 valence electrons. The molecule has 1 saturated heterocycles. The summed E-state index contributed by atoms with van der Waals surface area (Å²) in [7, 11) is 0. The lowest BCUT2D eigenvalue weighted by Gasteiger charge is -2.34. The highest BCUT2D eigenvalue weighted by Gasteiger charge is 2.24. The highest BCUT2D eigenvalue weighted by molar-refractivity contribution is 5.94. The minimum atomic E-state index is -0.522. The lowest BCUT2D eigenvalue weighted by atomic mass is 10.00. The monoisotopic (exact) mass is 526 g/mol. The van der Waals surface area contributed by atoms with Gasteiger partial charge >= 0.3 is 0 Å². The van der Waals surface area contributed by atoms with Crippen LogP contribution in [0.25, 0.3) is 6.08 Å². The van der Waals surface area contributed by atoms with Crippen molar-refractivity contribution >= 4 is 11.9 Å². The Kier molecular flexibility index (Phi) is 10.5. The maximum Gasteiger partial charge on any atom is 0.172 e. The number of nitrogens with two attached hydrogens (primary N) is 1. The Hall–Kier alpha value is -3.71. The molecule has 0 aromatic heterocycles. The van der Waals surface area contributed by atoms with Crippen molar-refractivity contribution in [2.24, 2.45) is 5.73 Å². The highest BCUT2D eigenvalue weighted by atomic mass is 16.5. The van der Waals surface area contributed by atoms with Gasteiger partial charge in [-0.2, -0.15) is 0 Å². The summed E-state index contributed by atoms with van der Waals surface area (Å²) in [6.45, 7) is 2.87. The van der Waals surface area contributed by atoms with Gasteiger partial charge in [-0.15, -0.1) is 0 Å². The first kappa shape index (κ1) is 28.3. The number of aromatic hydroxyl groups is 2. The number of rotatable bonds is 12. The lowest BCUT2D eigenvalue weighted by molar-refractivity contribution is -0.115. The van der Waals surface area contributed by atoms with Gasteiger partial charge in [-0.3, -0.25) is 4.79 Å². The Morgan fingerprint density at radius 2 is 1.56 bits per heavy atom. The van der Waals surface area contributed by atoms with Crippen LogP contribution in [-0.4, -0.2) is 52.7 Å². The average Bonchev–Trinajstić information content (AvgIpc) is 2.97. The van der Waals surface area contributed by atoms with Crippen LogP contribution in [-0.2, 0) is 9.53 Å². The minimum absolute atomic E-state index is 0.0656. The molecule has 3 aromatic carbocycles. The first-order valence-electron chi connectivity index (χ1n) is 13.6.